The van der Waals surface area contributed by atoms with Crippen molar-refractivity contribution in [2.24, 2.45) is 11.3 Å². The van der Waals surface area contributed by atoms with E-state index in [4.69, 9.17) is 10.6 Å². The van der Waals surface area contributed by atoms with Gasteiger partial charge in [0.05, 0.1) is 11.6 Å². The summed E-state index contributed by atoms with van der Waals surface area (Å²) < 4.78 is 5.93. The number of aromatic nitrogens is 1. The summed E-state index contributed by atoms with van der Waals surface area (Å²) in [5.74, 6) is 5.82. The fourth-order valence-electron chi connectivity index (χ4n) is 3.17. The van der Waals surface area contributed by atoms with Crippen molar-refractivity contribution in [1.82, 2.24) is 10.4 Å². The Morgan fingerprint density at radius 1 is 1.30 bits per heavy atom. The molecule has 0 spiro atoms. The van der Waals surface area contributed by atoms with Gasteiger partial charge in [-0.1, -0.05) is 19.9 Å². The van der Waals surface area contributed by atoms with E-state index in [-0.39, 0.29) is 11.6 Å². The van der Waals surface area contributed by atoms with Crippen molar-refractivity contribution in [3.63, 3.8) is 0 Å². The summed E-state index contributed by atoms with van der Waals surface area (Å²) in [5.41, 5.74) is 4.26. The van der Waals surface area contributed by atoms with Crippen LogP contribution >= 0.6 is 0 Å². The van der Waals surface area contributed by atoms with Crippen LogP contribution in [0.25, 0.3) is 0 Å². The van der Waals surface area contributed by atoms with Crippen LogP contribution < -0.4 is 11.3 Å². The van der Waals surface area contributed by atoms with Crippen LogP contribution in [0.4, 0.5) is 0 Å². The fraction of sp³-hybridized carbons (Fsp3) is 0.688. The third-order valence-electron chi connectivity index (χ3n) is 4.83. The first-order chi connectivity index (χ1) is 9.51. The average molecular weight is 277 g/mol. The number of pyridine rings is 1. The molecule has 1 aromatic rings. The minimum absolute atomic E-state index is 0.0958. The highest BCUT2D eigenvalue weighted by Gasteiger charge is 2.44. The van der Waals surface area contributed by atoms with E-state index in [0.29, 0.717) is 5.41 Å². The second-order valence-electron chi connectivity index (χ2n) is 6.68. The second-order valence-corrected chi connectivity index (χ2v) is 6.68. The van der Waals surface area contributed by atoms with Gasteiger partial charge in [0.25, 0.3) is 0 Å². The van der Waals surface area contributed by atoms with E-state index in [0.717, 1.165) is 25.0 Å². The zero-order valence-corrected chi connectivity index (χ0v) is 12.9. The summed E-state index contributed by atoms with van der Waals surface area (Å²) in [6.45, 7) is 4.66. The molecule has 1 aliphatic carbocycles. The summed E-state index contributed by atoms with van der Waals surface area (Å²) in [4.78, 5) is 4.40. The number of nitrogens with two attached hydrogens (primary N) is 1. The molecule has 0 saturated heterocycles. The third kappa shape index (κ3) is 3.37. The van der Waals surface area contributed by atoms with Crippen molar-refractivity contribution in [1.29, 1.82) is 0 Å². The predicted molar refractivity (Wildman–Crippen MR) is 81.0 cm³/mol. The van der Waals surface area contributed by atoms with Gasteiger partial charge in [-0.3, -0.25) is 16.3 Å². The molecule has 0 bridgehead atoms. The van der Waals surface area contributed by atoms with Gasteiger partial charge in [-0.2, -0.15) is 0 Å². The molecule has 0 aliphatic heterocycles. The zero-order chi connectivity index (χ0) is 14.6. The van der Waals surface area contributed by atoms with Gasteiger partial charge >= 0.3 is 0 Å². The van der Waals surface area contributed by atoms with E-state index in [9.17, 15) is 0 Å². The van der Waals surface area contributed by atoms with E-state index in [1.165, 1.54) is 12.8 Å². The maximum Gasteiger partial charge on any atom is 0.0848 e. The van der Waals surface area contributed by atoms with Gasteiger partial charge in [0.2, 0.25) is 0 Å². The standard InChI is InChI=1S/C16H27N3O/c1-15(2)7-9-16(20-3,10-8-15)14(19-17)12-13-6-4-5-11-18-13/h4-6,11,14,19H,7-10,12,17H2,1-3H3. The number of nitrogens with zero attached hydrogens (tertiary/aromatic N) is 1. The molecular weight excluding hydrogens is 250 g/mol. The predicted octanol–water partition coefficient (Wildman–Crippen LogP) is 2.44. The lowest BCUT2D eigenvalue weighted by Crippen LogP contribution is -2.57. The molecule has 1 heterocycles. The first-order valence-corrected chi connectivity index (χ1v) is 7.42. The average Bonchev–Trinajstić information content (AvgIpc) is 2.47. The van der Waals surface area contributed by atoms with Crippen LogP contribution in [-0.2, 0) is 11.2 Å². The summed E-state index contributed by atoms with van der Waals surface area (Å²) in [7, 11) is 1.81. The normalized spacial score (nSPS) is 22.4. The number of methoxy groups -OCH3 is 1. The summed E-state index contributed by atoms with van der Waals surface area (Å²) >= 11 is 0. The van der Waals surface area contributed by atoms with E-state index in [2.05, 4.69) is 24.3 Å². The third-order valence-corrected chi connectivity index (χ3v) is 4.83. The molecule has 0 amide bonds. The number of ether oxygens (including phenoxy) is 1. The largest absolute Gasteiger partial charge is 0.377 e. The molecule has 112 valence electrons. The molecular formula is C16H27N3O. The van der Waals surface area contributed by atoms with E-state index in [1.807, 2.05) is 24.4 Å². The van der Waals surface area contributed by atoms with Gasteiger partial charge in [0, 0.05) is 25.4 Å². The highest BCUT2D eigenvalue weighted by molar-refractivity contribution is 5.09. The van der Waals surface area contributed by atoms with E-state index >= 15 is 0 Å². The maximum absolute atomic E-state index is 5.93. The molecule has 1 atom stereocenters. The Balaban J connectivity index is 2.12. The van der Waals surface area contributed by atoms with Crippen molar-refractivity contribution in [2.45, 2.75) is 57.6 Å². The summed E-state index contributed by atoms with van der Waals surface area (Å²) in [6, 6.07) is 6.09. The van der Waals surface area contributed by atoms with Crippen LogP contribution in [-0.4, -0.2) is 23.7 Å². The highest BCUT2D eigenvalue weighted by atomic mass is 16.5. The molecule has 3 N–H and O–H groups in total. The second kappa shape index (κ2) is 6.20. The van der Waals surface area contributed by atoms with Crippen LogP contribution in [0, 0.1) is 5.41 Å². The lowest BCUT2D eigenvalue weighted by Gasteiger charge is -2.46. The van der Waals surface area contributed by atoms with Gasteiger partial charge in [-0.25, -0.2) is 0 Å². The molecule has 20 heavy (non-hydrogen) atoms. The van der Waals surface area contributed by atoms with Crippen molar-refractivity contribution in [3.8, 4) is 0 Å². The summed E-state index contributed by atoms with van der Waals surface area (Å²) in [6.07, 6.45) is 7.04. The zero-order valence-electron chi connectivity index (χ0n) is 12.9. The molecule has 1 aromatic heterocycles. The van der Waals surface area contributed by atoms with Crippen LogP contribution in [0.5, 0.6) is 0 Å². The SMILES string of the molecule is COC1(C(Cc2ccccn2)NN)CCC(C)(C)CC1. The Hall–Kier alpha value is -0.970. The lowest BCUT2D eigenvalue weighted by atomic mass is 9.68. The number of hydrogen-bond acceptors (Lipinski definition) is 4. The van der Waals surface area contributed by atoms with Gasteiger partial charge in [0.15, 0.2) is 0 Å². The van der Waals surface area contributed by atoms with E-state index in [1.54, 1.807) is 7.11 Å². The van der Waals surface area contributed by atoms with Crippen molar-refractivity contribution >= 4 is 0 Å². The van der Waals surface area contributed by atoms with Crippen LogP contribution in [0.2, 0.25) is 0 Å². The van der Waals surface area contributed by atoms with Crippen molar-refractivity contribution in [2.75, 3.05) is 7.11 Å². The van der Waals surface area contributed by atoms with Crippen LogP contribution in [0.3, 0.4) is 0 Å². The smallest absolute Gasteiger partial charge is 0.0848 e. The van der Waals surface area contributed by atoms with Crippen LogP contribution in [0.15, 0.2) is 24.4 Å². The molecule has 0 aromatic carbocycles. The monoisotopic (exact) mass is 277 g/mol. The van der Waals surface area contributed by atoms with Gasteiger partial charge < -0.3 is 4.74 Å². The lowest BCUT2D eigenvalue weighted by molar-refractivity contribution is -0.0863. The molecule has 1 fully saturated rings. The van der Waals surface area contributed by atoms with Crippen molar-refractivity contribution in [3.05, 3.63) is 30.1 Å². The molecule has 1 unspecified atom stereocenters. The quantitative estimate of drug-likeness (QED) is 0.641. The number of rotatable bonds is 5. The number of hydrazine groups is 1. The van der Waals surface area contributed by atoms with Crippen molar-refractivity contribution < 1.29 is 4.74 Å². The minimum Gasteiger partial charge on any atom is -0.377 e. The Labute approximate surface area is 122 Å². The van der Waals surface area contributed by atoms with E-state index < -0.39 is 0 Å². The van der Waals surface area contributed by atoms with Gasteiger partial charge in [0.1, 0.15) is 0 Å². The minimum atomic E-state index is -0.179. The molecule has 2 rings (SSSR count). The molecule has 1 aliphatic rings. The Kier molecular flexibility index (Phi) is 4.78. The first kappa shape index (κ1) is 15.4. The highest BCUT2D eigenvalue weighted by Crippen LogP contribution is 2.43. The van der Waals surface area contributed by atoms with Gasteiger partial charge in [-0.15, -0.1) is 0 Å². The maximum atomic E-state index is 5.93. The number of hydrogen-bond donors (Lipinski definition) is 2. The topological polar surface area (TPSA) is 60.2 Å². The van der Waals surface area contributed by atoms with Gasteiger partial charge in [-0.05, 0) is 43.2 Å². The molecule has 4 nitrogen and oxygen atoms in total. The Bertz CT molecular complexity index is 409. The Morgan fingerprint density at radius 2 is 2.00 bits per heavy atom. The molecule has 1 saturated carbocycles. The first-order valence-electron chi connectivity index (χ1n) is 7.42. The molecule has 0 radical (unpaired) electrons. The Morgan fingerprint density at radius 3 is 2.50 bits per heavy atom. The van der Waals surface area contributed by atoms with Crippen LogP contribution in [0.1, 0.15) is 45.2 Å². The molecule has 4 heteroatoms. The fourth-order valence-corrected chi connectivity index (χ4v) is 3.17. The summed E-state index contributed by atoms with van der Waals surface area (Å²) in [5, 5.41) is 0. The number of nitrogens with one attached hydrogen (secondary N) is 1.